The summed E-state index contributed by atoms with van der Waals surface area (Å²) in [6.45, 7) is 6.38. The highest BCUT2D eigenvalue weighted by Crippen LogP contribution is 2.29. The van der Waals surface area contributed by atoms with Crippen molar-refractivity contribution in [3.63, 3.8) is 0 Å². The van der Waals surface area contributed by atoms with E-state index in [4.69, 9.17) is 14.2 Å². The number of hydrogen-bond donors (Lipinski definition) is 5. The lowest BCUT2D eigenvalue weighted by Crippen LogP contribution is -2.59. The Labute approximate surface area is 170 Å². The third-order valence-corrected chi connectivity index (χ3v) is 4.46. The summed E-state index contributed by atoms with van der Waals surface area (Å²) in [6.07, 6.45) is -8.43. The Morgan fingerprint density at radius 2 is 1.76 bits per heavy atom. The number of hydrogen-bond acceptors (Lipinski definition) is 8. The molecule has 1 heterocycles. The van der Waals surface area contributed by atoms with Gasteiger partial charge < -0.3 is 40.0 Å². The van der Waals surface area contributed by atoms with Crippen LogP contribution in [0.1, 0.15) is 39.4 Å². The average Bonchev–Trinajstić information content (AvgIpc) is 2.64. The van der Waals surface area contributed by atoms with Crippen molar-refractivity contribution in [2.75, 3.05) is 6.61 Å². The summed E-state index contributed by atoms with van der Waals surface area (Å²) in [4.78, 5) is 12.2. The van der Waals surface area contributed by atoms with E-state index in [-0.39, 0.29) is 0 Å². The second-order valence-corrected chi connectivity index (χ2v) is 8.10. The van der Waals surface area contributed by atoms with Crippen LogP contribution in [0.5, 0.6) is 0 Å². The van der Waals surface area contributed by atoms with E-state index in [2.05, 4.69) is 5.32 Å². The zero-order valence-corrected chi connectivity index (χ0v) is 17.1. The molecule has 0 radical (unpaired) electrons. The van der Waals surface area contributed by atoms with Crippen molar-refractivity contribution in [2.24, 2.45) is 0 Å². The lowest BCUT2D eigenvalue weighted by Gasteiger charge is -2.41. The summed E-state index contributed by atoms with van der Waals surface area (Å²) >= 11 is 0. The summed E-state index contributed by atoms with van der Waals surface area (Å²) in [5, 5.41) is 42.3. The van der Waals surface area contributed by atoms with Gasteiger partial charge in [-0.1, -0.05) is 30.3 Å². The zero-order chi connectivity index (χ0) is 21.8. The number of benzene rings is 1. The molecule has 0 aromatic heterocycles. The highest BCUT2D eigenvalue weighted by atomic mass is 16.7. The van der Waals surface area contributed by atoms with E-state index in [1.165, 1.54) is 0 Å². The molecule has 7 atom stereocenters. The van der Waals surface area contributed by atoms with Crippen LogP contribution in [0.4, 0.5) is 4.79 Å². The number of aliphatic hydroxyl groups is 4. The fraction of sp³-hybridized carbons (Fsp3) is 0.650. The number of carbonyl (C=O) groups is 1. The molecule has 0 bridgehead atoms. The minimum Gasteiger partial charge on any atom is -0.444 e. The molecule has 6 unspecified atom stereocenters. The van der Waals surface area contributed by atoms with Crippen molar-refractivity contribution in [3.8, 4) is 0 Å². The van der Waals surface area contributed by atoms with E-state index < -0.39 is 61.2 Å². The van der Waals surface area contributed by atoms with Gasteiger partial charge in [0.2, 0.25) is 0 Å². The third-order valence-electron chi connectivity index (χ3n) is 4.46. The minimum atomic E-state index is -1.56. The van der Waals surface area contributed by atoms with Crippen molar-refractivity contribution in [2.45, 2.75) is 76.1 Å². The van der Waals surface area contributed by atoms with Crippen LogP contribution in [0.15, 0.2) is 30.3 Å². The van der Waals surface area contributed by atoms with E-state index in [0.29, 0.717) is 5.56 Å². The van der Waals surface area contributed by atoms with Crippen LogP contribution in [0, 0.1) is 0 Å². The first kappa shape index (κ1) is 23.5. The van der Waals surface area contributed by atoms with Crippen molar-refractivity contribution >= 4 is 6.09 Å². The fourth-order valence-corrected chi connectivity index (χ4v) is 3.02. The molecule has 9 nitrogen and oxygen atoms in total. The third kappa shape index (κ3) is 6.36. The first-order chi connectivity index (χ1) is 13.5. The minimum absolute atomic E-state index is 0.563. The fourth-order valence-electron chi connectivity index (χ4n) is 3.02. The molecule has 1 aromatic rings. The maximum atomic E-state index is 12.2. The lowest BCUT2D eigenvalue weighted by molar-refractivity contribution is -0.314. The molecule has 1 saturated heterocycles. The highest BCUT2D eigenvalue weighted by Gasteiger charge is 2.45. The Bertz CT molecular complexity index is 648. The van der Waals surface area contributed by atoms with Crippen molar-refractivity contribution in [1.29, 1.82) is 0 Å². The molecule has 0 aliphatic carbocycles. The quantitative estimate of drug-likeness (QED) is 0.453. The van der Waals surface area contributed by atoms with Crippen molar-refractivity contribution < 1.29 is 39.4 Å². The Kier molecular flexibility index (Phi) is 7.98. The summed E-state index contributed by atoms with van der Waals surface area (Å²) in [7, 11) is 0. The smallest absolute Gasteiger partial charge is 0.407 e. The molecule has 164 valence electrons. The Balaban J connectivity index is 2.19. The number of aliphatic hydroxyl groups excluding tert-OH is 4. The molecule has 1 fully saturated rings. The van der Waals surface area contributed by atoms with Crippen molar-refractivity contribution in [3.05, 3.63) is 35.9 Å². The van der Waals surface area contributed by atoms with Gasteiger partial charge in [0.05, 0.1) is 12.6 Å². The molecule has 2 rings (SSSR count). The number of ether oxygens (including phenoxy) is 3. The molecule has 0 spiro atoms. The van der Waals surface area contributed by atoms with E-state index in [9.17, 15) is 25.2 Å². The number of carbonyl (C=O) groups excluding carboxylic acids is 1. The van der Waals surface area contributed by atoms with Crippen LogP contribution in [0.2, 0.25) is 0 Å². The molecule has 1 aliphatic rings. The van der Waals surface area contributed by atoms with Gasteiger partial charge >= 0.3 is 6.09 Å². The van der Waals surface area contributed by atoms with Crippen LogP contribution >= 0.6 is 0 Å². The number of nitrogens with one attached hydrogen (secondary N) is 1. The average molecular weight is 413 g/mol. The summed E-state index contributed by atoms with van der Waals surface area (Å²) in [5.74, 6) is 0. The summed E-state index contributed by atoms with van der Waals surface area (Å²) < 4.78 is 16.6. The van der Waals surface area contributed by atoms with Gasteiger partial charge in [0.15, 0.2) is 6.29 Å². The highest BCUT2D eigenvalue weighted by molar-refractivity contribution is 5.68. The van der Waals surface area contributed by atoms with E-state index in [1.807, 2.05) is 6.07 Å². The van der Waals surface area contributed by atoms with E-state index in [1.54, 1.807) is 52.0 Å². The summed E-state index contributed by atoms with van der Waals surface area (Å²) in [6, 6.07) is 8.36. The number of rotatable bonds is 6. The van der Waals surface area contributed by atoms with Gasteiger partial charge in [-0.2, -0.15) is 0 Å². The molecule has 1 aromatic carbocycles. The van der Waals surface area contributed by atoms with Crippen LogP contribution in [0.3, 0.4) is 0 Å². The van der Waals surface area contributed by atoms with Crippen LogP contribution < -0.4 is 5.32 Å². The summed E-state index contributed by atoms with van der Waals surface area (Å²) in [5.41, 5.74) is 0.0116. The first-order valence-electron chi connectivity index (χ1n) is 9.54. The standard InChI is InChI=1S/C20H31NO8/c1-11(21-19(26)29-20(2,3)4)17(12-8-6-5-7-9-12)28-18-16(25)15(24)14(23)13(10-22)27-18/h5-9,11,13-18,22-25H,10H2,1-4H3,(H,21,26)/t11?,13?,14?,15?,16-,17?,18?/m0/s1. The topological polar surface area (TPSA) is 138 Å². The van der Waals surface area contributed by atoms with Gasteiger partial charge in [-0.05, 0) is 33.3 Å². The lowest BCUT2D eigenvalue weighted by atomic mass is 9.98. The zero-order valence-electron chi connectivity index (χ0n) is 17.1. The van der Waals surface area contributed by atoms with Gasteiger partial charge in [-0.25, -0.2) is 4.79 Å². The molecular formula is C20H31NO8. The van der Waals surface area contributed by atoms with Gasteiger partial charge in [0.1, 0.15) is 36.1 Å². The van der Waals surface area contributed by atoms with Crippen molar-refractivity contribution in [1.82, 2.24) is 5.32 Å². The van der Waals surface area contributed by atoms with Gasteiger partial charge in [0.25, 0.3) is 0 Å². The monoisotopic (exact) mass is 413 g/mol. The molecular weight excluding hydrogens is 382 g/mol. The van der Waals surface area contributed by atoms with Crippen LogP contribution in [0.25, 0.3) is 0 Å². The molecule has 5 N–H and O–H groups in total. The molecule has 29 heavy (non-hydrogen) atoms. The Morgan fingerprint density at radius 3 is 2.31 bits per heavy atom. The predicted octanol–water partition coefficient (Wildman–Crippen LogP) is 0.457. The normalized spacial score (nSPS) is 29.7. The van der Waals surface area contributed by atoms with E-state index in [0.717, 1.165) is 0 Å². The van der Waals surface area contributed by atoms with E-state index >= 15 is 0 Å². The molecule has 1 amide bonds. The molecule has 9 heteroatoms. The maximum absolute atomic E-state index is 12.2. The number of amides is 1. The molecule has 1 aliphatic heterocycles. The van der Waals surface area contributed by atoms with Gasteiger partial charge in [-0.15, -0.1) is 0 Å². The Hall–Kier alpha value is -1.75. The van der Waals surface area contributed by atoms with Gasteiger partial charge in [-0.3, -0.25) is 0 Å². The second kappa shape index (κ2) is 9.84. The maximum Gasteiger partial charge on any atom is 0.407 e. The predicted molar refractivity (Wildman–Crippen MR) is 103 cm³/mol. The van der Waals surface area contributed by atoms with Crippen LogP contribution in [-0.4, -0.2) is 75.5 Å². The largest absolute Gasteiger partial charge is 0.444 e. The second-order valence-electron chi connectivity index (χ2n) is 8.10. The first-order valence-corrected chi connectivity index (χ1v) is 9.54. The molecule has 0 saturated carbocycles. The number of alkyl carbamates (subject to hydrolysis) is 1. The van der Waals surface area contributed by atoms with Crippen LogP contribution in [-0.2, 0) is 14.2 Å². The SMILES string of the molecule is CC(NC(=O)OC(C)(C)C)C(OC1OC(CO)C(O)C(O)[C@@H]1O)c1ccccc1. The Morgan fingerprint density at radius 1 is 1.14 bits per heavy atom. The van der Waals surface area contributed by atoms with Gasteiger partial charge in [0, 0.05) is 0 Å².